The van der Waals surface area contributed by atoms with Crippen molar-refractivity contribution in [3.05, 3.63) is 0 Å². The van der Waals surface area contributed by atoms with E-state index < -0.39 is 0 Å². The summed E-state index contributed by atoms with van der Waals surface area (Å²) in [6.07, 6.45) is 5.71. The molecule has 0 atom stereocenters. The maximum Gasteiger partial charge on any atom is 0.222 e. The maximum absolute atomic E-state index is 11.5. The highest BCUT2D eigenvalue weighted by Gasteiger charge is 2.44. The van der Waals surface area contributed by atoms with Crippen LogP contribution in [0.2, 0.25) is 0 Å². The first-order chi connectivity index (χ1) is 8.24. The molecule has 4 heteroatoms. The largest absolute Gasteiger partial charge is 0.384 e. The average molecular weight is 240 g/mol. The van der Waals surface area contributed by atoms with Gasteiger partial charge in [0.2, 0.25) is 5.91 Å². The molecule has 1 heterocycles. The molecule has 0 aromatic carbocycles. The number of nitrogens with zero attached hydrogens (tertiary/aromatic N) is 1. The van der Waals surface area contributed by atoms with E-state index in [4.69, 9.17) is 4.74 Å². The second-order valence-electron chi connectivity index (χ2n) is 5.50. The smallest absolute Gasteiger partial charge is 0.222 e. The van der Waals surface area contributed by atoms with E-state index in [1.165, 1.54) is 45.3 Å². The van der Waals surface area contributed by atoms with Crippen molar-refractivity contribution in [3.8, 4) is 0 Å². The zero-order valence-corrected chi connectivity index (χ0v) is 10.8. The summed E-state index contributed by atoms with van der Waals surface area (Å²) in [5.74, 6) is 0.125. The van der Waals surface area contributed by atoms with E-state index >= 15 is 0 Å². The number of carbonyl (C=O) groups excluding carboxylic acids is 1. The molecular formula is C13H24N2O2. The van der Waals surface area contributed by atoms with Gasteiger partial charge < -0.3 is 15.0 Å². The van der Waals surface area contributed by atoms with Crippen LogP contribution in [0.5, 0.6) is 0 Å². The van der Waals surface area contributed by atoms with Gasteiger partial charge in [-0.15, -0.1) is 0 Å². The van der Waals surface area contributed by atoms with Gasteiger partial charge in [-0.3, -0.25) is 4.79 Å². The molecule has 1 saturated heterocycles. The molecule has 2 fully saturated rings. The topological polar surface area (TPSA) is 41.6 Å². The molecule has 2 aliphatic rings. The first kappa shape index (κ1) is 12.8. The van der Waals surface area contributed by atoms with Gasteiger partial charge in [0.05, 0.1) is 6.61 Å². The SMILES string of the molecule is COCCC(=O)NCC1(CN2CCCC2)CC1. The Labute approximate surface area is 104 Å². The van der Waals surface area contributed by atoms with Crippen molar-refractivity contribution in [1.82, 2.24) is 10.2 Å². The minimum absolute atomic E-state index is 0.125. The van der Waals surface area contributed by atoms with Crippen molar-refractivity contribution in [1.29, 1.82) is 0 Å². The van der Waals surface area contributed by atoms with Crippen molar-refractivity contribution in [3.63, 3.8) is 0 Å². The third kappa shape index (κ3) is 3.96. The van der Waals surface area contributed by atoms with Gasteiger partial charge in [-0.25, -0.2) is 0 Å². The summed E-state index contributed by atoms with van der Waals surface area (Å²) in [4.78, 5) is 14.1. The number of amides is 1. The Morgan fingerprint density at radius 2 is 2.06 bits per heavy atom. The van der Waals surface area contributed by atoms with Gasteiger partial charge in [-0.05, 0) is 38.8 Å². The molecule has 0 bridgehead atoms. The Kier molecular flexibility index (Phi) is 4.40. The summed E-state index contributed by atoms with van der Waals surface area (Å²) in [5.41, 5.74) is 0.396. The van der Waals surface area contributed by atoms with E-state index in [9.17, 15) is 4.79 Å². The Bertz CT molecular complexity index is 258. The summed E-state index contributed by atoms with van der Waals surface area (Å²) >= 11 is 0. The molecule has 2 rings (SSSR count). The molecule has 17 heavy (non-hydrogen) atoms. The average Bonchev–Trinajstić information content (AvgIpc) is 2.89. The highest BCUT2D eigenvalue weighted by Crippen LogP contribution is 2.46. The Morgan fingerprint density at radius 1 is 1.35 bits per heavy atom. The lowest BCUT2D eigenvalue weighted by Crippen LogP contribution is -2.37. The summed E-state index contributed by atoms with van der Waals surface area (Å²) in [5, 5.41) is 3.05. The van der Waals surface area contributed by atoms with Crippen molar-refractivity contribution in [2.75, 3.05) is 39.9 Å². The molecule has 98 valence electrons. The second kappa shape index (κ2) is 5.83. The lowest BCUT2D eigenvalue weighted by atomic mass is 10.1. The molecule has 0 unspecified atom stereocenters. The van der Waals surface area contributed by atoms with E-state index in [0.717, 1.165) is 6.54 Å². The molecule has 1 amide bonds. The molecule has 0 aromatic heterocycles. The summed E-state index contributed by atoms with van der Waals surface area (Å²) < 4.78 is 4.90. The van der Waals surface area contributed by atoms with Crippen molar-refractivity contribution >= 4 is 5.91 Å². The fourth-order valence-electron chi connectivity index (χ4n) is 2.55. The van der Waals surface area contributed by atoms with Gasteiger partial charge in [0.1, 0.15) is 0 Å². The van der Waals surface area contributed by atoms with Gasteiger partial charge in [-0.2, -0.15) is 0 Å². The number of hydrogen-bond acceptors (Lipinski definition) is 3. The number of methoxy groups -OCH3 is 1. The lowest BCUT2D eigenvalue weighted by molar-refractivity contribution is -0.122. The van der Waals surface area contributed by atoms with Crippen LogP contribution in [0.15, 0.2) is 0 Å². The normalized spacial score (nSPS) is 22.6. The number of likely N-dealkylation sites (tertiary alicyclic amines) is 1. The third-order valence-electron chi connectivity index (χ3n) is 3.91. The molecule has 1 N–H and O–H groups in total. The summed E-state index contributed by atoms with van der Waals surface area (Å²) in [7, 11) is 1.63. The monoisotopic (exact) mass is 240 g/mol. The standard InChI is InChI=1S/C13H24N2O2/c1-17-9-4-12(16)14-10-13(5-6-13)11-15-7-2-3-8-15/h2-11H2,1H3,(H,14,16). The summed E-state index contributed by atoms with van der Waals surface area (Å²) in [6.45, 7) is 5.05. The first-order valence-corrected chi connectivity index (χ1v) is 6.72. The highest BCUT2D eigenvalue weighted by molar-refractivity contribution is 5.76. The minimum atomic E-state index is 0.125. The number of rotatable bonds is 7. The zero-order valence-electron chi connectivity index (χ0n) is 10.8. The van der Waals surface area contributed by atoms with E-state index in [-0.39, 0.29) is 5.91 Å². The third-order valence-corrected chi connectivity index (χ3v) is 3.91. The number of hydrogen-bond donors (Lipinski definition) is 1. The fraction of sp³-hybridized carbons (Fsp3) is 0.923. The van der Waals surface area contributed by atoms with Crippen LogP contribution < -0.4 is 5.32 Å². The Balaban J connectivity index is 1.65. The van der Waals surface area contributed by atoms with Gasteiger partial charge in [0, 0.05) is 32.0 Å². The zero-order chi connectivity index (χ0) is 12.1. The Hall–Kier alpha value is -0.610. The predicted molar refractivity (Wildman–Crippen MR) is 66.8 cm³/mol. The molecule has 1 aliphatic heterocycles. The van der Waals surface area contributed by atoms with Crippen LogP contribution in [0.25, 0.3) is 0 Å². The number of carbonyl (C=O) groups is 1. The van der Waals surface area contributed by atoms with E-state index in [1.54, 1.807) is 7.11 Å². The molecule has 1 aliphatic carbocycles. The highest BCUT2D eigenvalue weighted by atomic mass is 16.5. The lowest BCUT2D eigenvalue weighted by Gasteiger charge is -2.23. The van der Waals surface area contributed by atoms with Crippen molar-refractivity contribution in [2.24, 2.45) is 5.41 Å². The molecule has 0 aromatic rings. The van der Waals surface area contributed by atoms with Crippen LogP contribution in [-0.2, 0) is 9.53 Å². The van der Waals surface area contributed by atoms with Gasteiger partial charge in [0.15, 0.2) is 0 Å². The second-order valence-corrected chi connectivity index (χ2v) is 5.50. The number of ether oxygens (including phenoxy) is 1. The van der Waals surface area contributed by atoms with Gasteiger partial charge in [-0.1, -0.05) is 0 Å². The summed E-state index contributed by atoms with van der Waals surface area (Å²) in [6, 6.07) is 0. The van der Waals surface area contributed by atoms with Crippen LogP contribution in [0.1, 0.15) is 32.1 Å². The van der Waals surface area contributed by atoms with E-state index in [2.05, 4.69) is 10.2 Å². The quantitative estimate of drug-likeness (QED) is 0.722. The van der Waals surface area contributed by atoms with Crippen molar-refractivity contribution in [2.45, 2.75) is 32.1 Å². The van der Waals surface area contributed by atoms with Crippen LogP contribution in [0.4, 0.5) is 0 Å². The molecule has 4 nitrogen and oxygen atoms in total. The van der Waals surface area contributed by atoms with Crippen LogP contribution in [0, 0.1) is 5.41 Å². The van der Waals surface area contributed by atoms with E-state index in [1.807, 2.05) is 0 Å². The molecule has 0 radical (unpaired) electrons. The number of nitrogens with one attached hydrogen (secondary N) is 1. The van der Waals surface area contributed by atoms with Crippen LogP contribution >= 0.6 is 0 Å². The minimum Gasteiger partial charge on any atom is -0.384 e. The maximum atomic E-state index is 11.5. The fourth-order valence-corrected chi connectivity index (χ4v) is 2.55. The van der Waals surface area contributed by atoms with Crippen LogP contribution in [-0.4, -0.2) is 50.7 Å². The Morgan fingerprint density at radius 3 is 2.65 bits per heavy atom. The first-order valence-electron chi connectivity index (χ1n) is 6.72. The van der Waals surface area contributed by atoms with Gasteiger partial charge >= 0.3 is 0 Å². The molecular weight excluding hydrogens is 216 g/mol. The predicted octanol–water partition coefficient (Wildman–Crippen LogP) is 1.02. The molecule has 0 spiro atoms. The van der Waals surface area contributed by atoms with E-state index in [0.29, 0.717) is 18.4 Å². The molecule has 1 saturated carbocycles. The van der Waals surface area contributed by atoms with Gasteiger partial charge in [0.25, 0.3) is 0 Å². The van der Waals surface area contributed by atoms with Crippen molar-refractivity contribution < 1.29 is 9.53 Å². The van der Waals surface area contributed by atoms with Crippen LogP contribution in [0.3, 0.4) is 0 Å².